The molecular formula is C15H16ClN3O. The molecule has 5 N–H and O–H groups in total. The minimum atomic E-state index is -0.204. The highest BCUT2D eigenvalue weighted by atomic mass is 35.5. The van der Waals surface area contributed by atoms with Gasteiger partial charge in [0, 0.05) is 22.9 Å². The summed E-state index contributed by atoms with van der Waals surface area (Å²) < 4.78 is 0. The molecule has 0 aliphatic heterocycles. The van der Waals surface area contributed by atoms with E-state index in [1.165, 1.54) is 0 Å². The molecule has 1 amide bonds. The first kappa shape index (κ1) is 14.2. The molecule has 0 aliphatic rings. The van der Waals surface area contributed by atoms with Crippen LogP contribution < -0.4 is 16.8 Å². The number of nitrogens with one attached hydrogen (secondary N) is 1. The monoisotopic (exact) mass is 289 g/mol. The van der Waals surface area contributed by atoms with Crippen LogP contribution in [-0.2, 0) is 6.42 Å². The van der Waals surface area contributed by atoms with Gasteiger partial charge in [-0.25, -0.2) is 0 Å². The molecule has 0 unspecified atom stereocenters. The fourth-order valence-electron chi connectivity index (χ4n) is 1.90. The number of rotatable bonds is 4. The van der Waals surface area contributed by atoms with E-state index >= 15 is 0 Å². The number of carbonyl (C=O) groups excluding carboxylic acids is 1. The molecule has 0 aromatic heterocycles. The second kappa shape index (κ2) is 6.30. The zero-order chi connectivity index (χ0) is 14.5. The molecule has 0 fully saturated rings. The lowest BCUT2D eigenvalue weighted by Crippen LogP contribution is -2.26. The fourth-order valence-corrected chi connectivity index (χ4v) is 2.11. The van der Waals surface area contributed by atoms with Crippen molar-refractivity contribution in [3.05, 3.63) is 58.6 Å². The van der Waals surface area contributed by atoms with Gasteiger partial charge in [0.05, 0.1) is 5.56 Å². The lowest BCUT2D eigenvalue weighted by atomic mass is 10.1. The molecule has 5 heteroatoms. The van der Waals surface area contributed by atoms with Gasteiger partial charge in [-0.2, -0.15) is 0 Å². The molecule has 0 saturated carbocycles. The van der Waals surface area contributed by atoms with Crippen molar-refractivity contribution in [2.75, 3.05) is 18.0 Å². The number of halogens is 1. The third kappa shape index (κ3) is 3.65. The van der Waals surface area contributed by atoms with Crippen LogP contribution in [-0.4, -0.2) is 12.5 Å². The summed E-state index contributed by atoms with van der Waals surface area (Å²) in [6, 6.07) is 12.4. The summed E-state index contributed by atoms with van der Waals surface area (Å²) in [6.07, 6.45) is 0.710. The average Bonchev–Trinajstić information content (AvgIpc) is 2.38. The van der Waals surface area contributed by atoms with Crippen molar-refractivity contribution < 1.29 is 4.79 Å². The molecule has 2 aromatic rings. The number of nitrogens with two attached hydrogens (primary N) is 2. The predicted octanol–water partition coefficient (Wildman–Crippen LogP) is 2.48. The van der Waals surface area contributed by atoms with Gasteiger partial charge in [-0.15, -0.1) is 0 Å². The van der Waals surface area contributed by atoms with Gasteiger partial charge in [0.1, 0.15) is 0 Å². The van der Waals surface area contributed by atoms with E-state index in [9.17, 15) is 4.79 Å². The van der Waals surface area contributed by atoms with Crippen LogP contribution in [0, 0.1) is 0 Å². The number of hydrogen-bond donors (Lipinski definition) is 3. The largest absolute Gasteiger partial charge is 0.399 e. The molecule has 0 heterocycles. The van der Waals surface area contributed by atoms with Gasteiger partial charge >= 0.3 is 0 Å². The number of hydrogen-bond acceptors (Lipinski definition) is 3. The maximum atomic E-state index is 12.0. The molecular weight excluding hydrogens is 274 g/mol. The molecule has 2 aromatic carbocycles. The first-order valence-corrected chi connectivity index (χ1v) is 6.61. The minimum absolute atomic E-state index is 0.204. The molecule has 0 saturated heterocycles. The van der Waals surface area contributed by atoms with Gasteiger partial charge < -0.3 is 16.8 Å². The Bertz CT molecular complexity index is 628. The SMILES string of the molecule is Nc1ccc(C(=O)NCCc2cccc(Cl)c2)c(N)c1. The molecule has 0 radical (unpaired) electrons. The maximum Gasteiger partial charge on any atom is 0.253 e. The Kier molecular flexibility index (Phi) is 4.48. The number of anilines is 2. The highest BCUT2D eigenvalue weighted by Crippen LogP contribution is 2.15. The Balaban J connectivity index is 1.92. The summed E-state index contributed by atoms with van der Waals surface area (Å²) >= 11 is 5.90. The number of benzene rings is 2. The number of carbonyl (C=O) groups is 1. The fraction of sp³-hybridized carbons (Fsp3) is 0.133. The van der Waals surface area contributed by atoms with Gasteiger partial charge in [-0.3, -0.25) is 4.79 Å². The minimum Gasteiger partial charge on any atom is -0.399 e. The van der Waals surface area contributed by atoms with E-state index in [-0.39, 0.29) is 5.91 Å². The Morgan fingerprint density at radius 3 is 2.65 bits per heavy atom. The van der Waals surface area contributed by atoms with Crippen molar-refractivity contribution in [1.82, 2.24) is 5.32 Å². The number of amides is 1. The average molecular weight is 290 g/mol. The van der Waals surface area contributed by atoms with Crippen LogP contribution in [0.5, 0.6) is 0 Å². The van der Waals surface area contributed by atoms with Crippen molar-refractivity contribution >= 4 is 28.9 Å². The van der Waals surface area contributed by atoms with Gasteiger partial charge in [0.15, 0.2) is 0 Å². The standard InChI is InChI=1S/C15H16ClN3O/c16-11-3-1-2-10(8-11)6-7-19-15(20)13-5-4-12(17)9-14(13)18/h1-5,8-9H,6-7,17-18H2,(H,19,20). The van der Waals surface area contributed by atoms with Crippen molar-refractivity contribution in [2.24, 2.45) is 0 Å². The van der Waals surface area contributed by atoms with Gasteiger partial charge in [0.2, 0.25) is 0 Å². The quantitative estimate of drug-likeness (QED) is 0.756. The molecule has 0 bridgehead atoms. The summed E-state index contributed by atoms with van der Waals surface area (Å²) in [5.41, 5.74) is 13.8. The molecule has 0 aliphatic carbocycles. The number of nitrogen functional groups attached to an aromatic ring is 2. The zero-order valence-corrected chi connectivity index (χ0v) is 11.7. The second-order valence-electron chi connectivity index (χ2n) is 4.48. The van der Waals surface area contributed by atoms with Crippen LogP contribution in [0.2, 0.25) is 5.02 Å². The van der Waals surface area contributed by atoms with E-state index in [0.29, 0.717) is 34.9 Å². The Labute approximate surface area is 122 Å². The maximum absolute atomic E-state index is 12.0. The molecule has 20 heavy (non-hydrogen) atoms. The third-order valence-electron chi connectivity index (χ3n) is 2.91. The summed E-state index contributed by atoms with van der Waals surface area (Å²) in [5.74, 6) is -0.204. The smallest absolute Gasteiger partial charge is 0.253 e. The van der Waals surface area contributed by atoms with Crippen molar-refractivity contribution in [3.63, 3.8) is 0 Å². The van der Waals surface area contributed by atoms with Crippen LogP contribution in [0.25, 0.3) is 0 Å². The first-order chi connectivity index (χ1) is 9.56. The Hall–Kier alpha value is -2.20. The van der Waals surface area contributed by atoms with Gasteiger partial charge in [-0.1, -0.05) is 23.7 Å². The van der Waals surface area contributed by atoms with Crippen molar-refractivity contribution in [2.45, 2.75) is 6.42 Å². The second-order valence-corrected chi connectivity index (χ2v) is 4.92. The van der Waals surface area contributed by atoms with Crippen LogP contribution >= 0.6 is 11.6 Å². The molecule has 104 valence electrons. The molecule has 2 rings (SSSR count). The summed E-state index contributed by atoms with van der Waals surface area (Å²) in [6.45, 7) is 0.517. The van der Waals surface area contributed by atoms with Crippen LogP contribution in [0.15, 0.2) is 42.5 Å². The van der Waals surface area contributed by atoms with E-state index in [4.69, 9.17) is 23.1 Å². The van der Waals surface area contributed by atoms with E-state index in [1.54, 1.807) is 18.2 Å². The lowest BCUT2D eigenvalue weighted by molar-refractivity contribution is 0.0955. The van der Waals surface area contributed by atoms with E-state index in [1.807, 2.05) is 24.3 Å². The lowest BCUT2D eigenvalue weighted by Gasteiger charge is -2.08. The normalized spacial score (nSPS) is 10.2. The Morgan fingerprint density at radius 1 is 1.15 bits per heavy atom. The van der Waals surface area contributed by atoms with Gasteiger partial charge in [0.25, 0.3) is 5.91 Å². The van der Waals surface area contributed by atoms with Crippen LogP contribution in [0.4, 0.5) is 11.4 Å². The van der Waals surface area contributed by atoms with Crippen LogP contribution in [0.3, 0.4) is 0 Å². The summed E-state index contributed by atoms with van der Waals surface area (Å²) in [4.78, 5) is 12.0. The summed E-state index contributed by atoms with van der Waals surface area (Å²) in [5, 5.41) is 3.52. The predicted molar refractivity (Wildman–Crippen MR) is 82.8 cm³/mol. The molecule has 0 spiro atoms. The van der Waals surface area contributed by atoms with E-state index in [0.717, 1.165) is 5.56 Å². The van der Waals surface area contributed by atoms with E-state index < -0.39 is 0 Å². The zero-order valence-electron chi connectivity index (χ0n) is 10.9. The van der Waals surface area contributed by atoms with Crippen molar-refractivity contribution in [1.29, 1.82) is 0 Å². The molecule has 0 atom stereocenters. The highest BCUT2D eigenvalue weighted by molar-refractivity contribution is 6.30. The summed E-state index contributed by atoms with van der Waals surface area (Å²) in [7, 11) is 0. The first-order valence-electron chi connectivity index (χ1n) is 6.24. The Morgan fingerprint density at radius 2 is 1.95 bits per heavy atom. The van der Waals surface area contributed by atoms with E-state index in [2.05, 4.69) is 5.32 Å². The topological polar surface area (TPSA) is 81.1 Å². The third-order valence-corrected chi connectivity index (χ3v) is 3.14. The van der Waals surface area contributed by atoms with Crippen molar-refractivity contribution in [3.8, 4) is 0 Å². The molecule has 4 nitrogen and oxygen atoms in total. The highest BCUT2D eigenvalue weighted by Gasteiger charge is 2.09. The van der Waals surface area contributed by atoms with Gasteiger partial charge in [-0.05, 0) is 42.3 Å². The van der Waals surface area contributed by atoms with Crippen LogP contribution in [0.1, 0.15) is 15.9 Å².